The Morgan fingerprint density at radius 2 is 2.05 bits per heavy atom. The maximum atomic E-state index is 12.6. The molecule has 0 aliphatic carbocycles. The summed E-state index contributed by atoms with van der Waals surface area (Å²) in [6.45, 7) is 1.92. The fourth-order valence-corrected chi connectivity index (χ4v) is 2.36. The molecule has 0 unspecified atom stereocenters. The van der Waals surface area contributed by atoms with Crippen LogP contribution in [-0.2, 0) is 0 Å². The average molecular weight is 269 g/mol. The Morgan fingerprint density at radius 1 is 1.26 bits per heavy atom. The lowest BCUT2D eigenvalue weighted by Gasteiger charge is -2.09. The molecule has 0 saturated heterocycles. The van der Waals surface area contributed by atoms with Crippen LogP contribution in [0.3, 0.4) is 0 Å². The minimum absolute atomic E-state index is 0.129. The van der Waals surface area contributed by atoms with Gasteiger partial charge in [-0.3, -0.25) is 14.3 Å². The summed E-state index contributed by atoms with van der Waals surface area (Å²) in [5.41, 5.74) is 2.28. The van der Waals surface area contributed by atoms with Crippen LogP contribution < -0.4 is 5.56 Å². The third-order valence-corrected chi connectivity index (χ3v) is 3.34. The first-order valence-electron chi connectivity index (χ1n) is 5.83. The van der Waals surface area contributed by atoms with Gasteiger partial charge in [-0.25, -0.2) is 0 Å². The van der Waals surface area contributed by atoms with Gasteiger partial charge in [0.25, 0.3) is 5.56 Å². The molecule has 0 aliphatic heterocycles. The molecule has 0 aliphatic rings. The molecule has 1 aromatic carbocycles. The van der Waals surface area contributed by atoms with Crippen molar-refractivity contribution in [1.82, 2.24) is 14.5 Å². The molecule has 3 rings (SSSR count). The number of H-pyrrole nitrogens is 1. The minimum Gasteiger partial charge on any atom is -0.331 e. The van der Waals surface area contributed by atoms with Crippen molar-refractivity contribution in [2.75, 3.05) is 0 Å². The van der Waals surface area contributed by atoms with Crippen molar-refractivity contribution in [1.29, 1.82) is 0 Å². The second kappa shape index (κ2) is 4.44. The highest BCUT2D eigenvalue weighted by Gasteiger charge is 2.08. The van der Waals surface area contributed by atoms with Gasteiger partial charge in [0.15, 0.2) is 4.77 Å². The van der Waals surface area contributed by atoms with Crippen LogP contribution in [0.4, 0.5) is 0 Å². The average Bonchev–Trinajstić information content (AvgIpc) is 2.41. The monoisotopic (exact) mass is 269 g/mol. The maximum absolute atomic E-state index is 12.6. The second-order valence-corrected chi connectivity index (χ2v) is 4.67. The van der Waals surface area contributed by atoms with Gasteiger partial charge in [0.1, 0.15) is 0 Å². The van der Waals surface area contributed by atoms with Gasteiger partial charge < -0.3 is 4.98 Å². The maximum Gasteiger partial charge on any atom is 0.266 e. The summed E-state index contributed by atoms with van der Waals surface area (Å²) in [7, 11) is 0. The van der Waals surface area contributed by atoms with Crippen molar-refractivity contribution in [2.45, 2.75) is 6.92 Å². The van der Waals surface area contributed by atoms with E-state index in [-0.39, 0.29) is 5.56 Å². The van der Waals surface area contributed by atoms with Crippen LogP contribution in [0, 0.1) is 11.7 Å². The number of benzene rings is 1. The Morgan fingerprint density at radius 3 is 2.84 bits per heavy atom. The van der Waals surface area contributed by atoms with Crippen molar-refractivity contribution in [3.63, 3.8) is 0 Å². The first-order valence-corrected chi connectivity index (χ1v) is 6.24. The highest BCUT2D eigenvalue weighted by Crippen LogP contribution is 2.13. The third-order valence-electron chi connectivity index (χ3n) is 3.06. The molecule has 0 atom stereocenters. The SMILES string of the molecule is Cc1ccncc1-n1c(=S)[nH]c2ccccc2c1=O. The molecular formula is C14H11N3OS. The molecule has 2 heterocycles. The molecule has 0 saturated carbocycles. The number of hydrogen-bond donors (Lipinski definition) is 1. The highest BCUT2D eigenvalue weighted by atomic mass is 32.1. The minimum atomic E-state index is -0.129. The smallest absolute Gasteiger partial charge is 0.266 e. The van der Waals surface area contributed by atoms with Gasteiger partial charge >= 0.3 is 0 Å². The molecule has 94 valence electrons. The molecule has 0 amide bonds. The summed E-state index contributed by atoms with van der Waals surface area (Å²) in [6, 6.07) is 9.18. The van der Waals surface area contributed by atoms with E-state index in [1.807, 2.05) is 31.2 Å². The van der Waals surface area contributed by atoms with E-state index in [1.54, 1.807) is 18.5 Å². The molecule has 19 heavy (non-hydrogen) atoms. The molecule has 1 N–H and O–H groups in total. The molecule has 5 heteroatoms. The number of aromatic amines is 1. The van der Waals surface area contributed by atoms with E-state index in [0.29, 0.717) is 15.8 Å². The zero-order valence-electron chi connectivity index (χ0n) is 10.3. The summed E-state index contributed by atoms with van der Waals surface area (Å²) in [6.07, 6.45) is 3.34. The highest BCUT2D eigenvalue weighted by molar-refractivity contribution is 7.71. The van der Waals surface area contributed by atoms with Crippen LogP contribution in [0.5, 0.6) is 0 Å². The number of pyridine rings is 1. The number of aromatic nitrogens is 3. The number of nitrogens with zero attached hydrogens (tertiary/aromatic N) is 2. The molecule has 2 aromatic heterocycles. The van der Waals surface area contributed by atoms with Gasteiger partial charge in [0.05, 0.1) is 22.8 Å². The van der Waals surface area contributed by atoms with Gasteiger partial charge in [-0.2, -0.15) is 0 Å². The van der Waals surface area contributed by atoms with E-state index in [4.69, 9.17) is 12.2 Å². The van der Waals surface area contributed by atoms with Crippen LogP contribution in [0.15, 0.2) is 47.5 Å². The lowest BCUT2D eigenvalue weighted by Crippen LogP contribution is -2.21. The van der Waals surface area contributed by atoms with E-state index in [2.05, 4.69) is 9.97 Å². The summed E-state index contributed by atoms with van der Waals surface area (Å²) >= 11 is 5.29. The third kappa shape index (κ3) is 1.88. The number of fused-ring (bicyclic) bond motifs is 1. The number of aryl methyl sites for hydroxylation is 1. The van der Waals surface area contributed by atoms with Crippen LogP contribution in [0.25, 0.3) is 16.6 Å². The Bertz CT molecular complexity index is 879. The van der Waals surface area contributed by atoms with E-state index in [1.165, 1.54) is 4.57 Å². The van der Waals surface area contributed by atoms with Crippen LogP contribution >= 0.6 is 12.2 Å². The van der Waals surface area contributed by atoms with Gasteiger partial charge in [-0.15, -0.1) is 0 Å². The Kier molecular flexibility index (Phi) is 2.76. The van der Waals surface area contributed by atoms with E-state index in [9.17, 15) is 4.79 Å². The Balaban J connectivity index is 2.47. The Labute approximate surface area is 114 Å². The van der Waals surface area contributed by atoms with Crippen LogP contribution in [0.1, 0.15) is 5.56 Å². The molecule has 3 aromatic rings. The van der Waals surface area contributed by atoms with Crippen molar-refractivity contribution in [2.24, 2.45) is 0 Å². The Hall–Kier alpha value is -2.27. The quantitative estimate of drug-likeness (QED) is 0.691. The molecule has 0 radical (unpaired) electrons. The summed E-state index contributed by atoms with van der Waals surface area (Å²) < 4.78 is 1.86. The lowest BCUT2D eigenvalue weighted by atomic mass is 10.2. The number of hydrogen-bond acceptors (Lipinski definition) is 3. The predicted octanol–water partition coefficient (Wildman–Crippen LogP) is 2.75. The lowest BCUT2D eigenvalue weighted by molar-refractivity contribution is 0.921. The van der Waals surface area contributed by atoms with E-state index < -0.39 is 0 Å². The fraction of sp³-hybridized carbons (Fsp3) is 0.0714. The van der Waals surface area contributed by atoms with E-state index >= 15 is 0 Å². The molecule has 0 bridgehead atoms. The van der Waals surface area contributed by atoms with Gasteiger partial charge in [0, 0.05) is 6.20 Å². The standard InChI is InChI=1S/C14H11N3OS/c1-9-6-7-15-8-12(9)17-13(18)10-4-2-3-5-11(10)16-14(17)19/h2-8H,1H3,(H,16,19). The number of rotatable bonds is 1. The zero-order valence-corrected chi connectivity index (χ0v) is 11.1. The molecular weight excluding hydrogens is 258 g/mol. The number of para-hydroxylation sites is 1. The fourth-order valence-electron chi connectivity index (χ4n) is 2.07. The summed E-state index contributed by atoms with van der Waals surface area (Å²) in [5, 5.41) is 0.611. The second-order valence-electron chi connectivity index (χ2n) is 4.28. The summed E-state index contributed by atoms with van der Waals surface area (Å²) in [5.74, 6) is 0. The van der Waals surface area contributed by atoms with Gasteiger partial charge in [0.2, 0.25) is 0 Å². The predicted molar refractivity (Wildman–Crippen MR) is 77.3 cm³/mol. The van der Waals surface area contributed by atoms with Gasteiger partial charge in [-0.05, 0) is 42.9 Å². The topological polar surface area (TPSA) is 50.7 Å². The van der Waals surface area contributed by atoms with Crippen molar-refractivity contribution in [3.8, 4) is 5.69 Å². The van der Waals surface area contributed by atoms with Crippen LogP contribution in [0.2, 0.25) is 0 Å². The van der Waals surface area contributed by atoms with Crippen molar-refractivity contribution < 1.29 is 0 Å². The van der Waals surface area contributed by atoms with Crippen LogP contribution in [-0.4, -0.2) is 14.5 Å². The van der Waals surface area contributed by atoms with Crippen molar-refractivity contribution >= 4 is 23.1 Å². The normalized spacial score (nSPS) is 10.8. The van der Waals surface area contributed by atoms with E-state index in [0.717, 1.165) is 11.1 Å². The molecule has 4 nitrogen and oxygen atoms in total. The first kappa shape index (κ1) is 11.8. The summed E-state index contributed by atoms with van der Waals surface area (Å²) in [4.78, 5) is 19.7. The zero-order chi connectivity index (χ0) is 13.4. The molecule has 0 spiro atoms. The number of nitrogens with one attached hydrogen (secondary N) is 1. The van der Waals surface area contributed by atoms with Gasteiger partial charge in [-0.1, -0.05) is 12.1 Å². The largest absolute Gasteiger partial charge is 0.331 e. The van der Waals surface area contributed by atoms with Crippen molar-refractivity contribution in [3.05, 3.63) is 63.4 Å². The molecule has 0 fully saturated rings. The first-order chi connectivity index (χ1) is 9.18.